The molecular formula is C13H25F3N2O2. The highest BCUT2D eigenvalue weighted by Crippen LogP contribution is 2.21. The molecule has 1 unspecified atom stereocenters. The number of nitrogens with zero attached hydrogens (tertiary/aromatic N) is 1. The molecule has 0 aliphatic carbocycles. The quantitative estimate of drug-likeness (QED) is 0.665. The highest BCUT2D eigenvalue weighted by molar-refractivity contribution is 5.82. The number of carbonyl (C=O) groups excluding carboxylic acids is 1. The van der Waals surface area contributed by atoms with Crippen molar-refractivity contribution in [2.24, 2.45) is 5.73 Å². The number of rotatable bonds is 9. The molecule has 1 atom stereocenters. The van der Waals surface area contributed by atoms with Crippen LogP contribution < -0.4 is 5.73 Å². The van der Waals surface area contributed by atoms with Gasteiger partial charge in [0.05, 0.1) is 6.04 Å². The molecule has 0 heterocycles. The van der Waals surface area contributed by atoms with Crippen molar-refractivity contribution in [2.75, 3.05) is 20.3 Å². The van der Waals surface area contributed by atoms with Crippen LogP contribution in [-0.4, -0.2) is 49.3 Å². The highest BCUT2D eigenvalue weighted by Gasteiger charge is 2.36. The number of nitrogens with two attached hydrogens (primary N) is 1. The number of hydrogen-bond acceptors (Lipinski definition) is 3. The van der Waals surface area contributed by atoms with Crippen LogP contribution in [0.1, 0.15) is 39.5 Å². The lowest BCUT2D eigenvalue weighted by Crippen LogP contribution is -2.51. The smallest absolute Gasteiger partial charge is 0.385 e. The van der Waals surface area contributed by atoms with Gasteiger partial charge >= 0.3 is 6.18 Å². The van der Waals surface area contributed by atoms with E-state index in [1.807, 2.05) is 0 Å². The van der Waals surface area contributed by atoms with Gasteiger partial charge in [0.15, 0.2) is 0 Å². The molecule has 0 saturated heterocycles. The Kier molecular flexibility index (Phi) is 8.80. The van der Waals surface area contributed by atoms with Gasteiger partial charge in [-0.2, -0.15) is 13.2 Å². The van der Waals surface area contributed by atoms with Crippen LogP contribution in [0.15, 0.2) is 0 Å². The third-order valence-electron chi connectivity index (χ3n) is 3.20. The summed E-state index contributed by atoms with van der Waals surface area (Å²) in [4.78, 5) is 13.0. The summed E-state index contributed by atoms with van der Waals surface area (Å²) in [5.74, 6) is -0.632. The first kappa shape index (κ1) is 19.2. The van der Waals surface area contributed by atoms with E-state index in [0.29, 0.717) is 32.3 Å². The summed E-state index contributed by atoms with van der Waals surface area (Å²) in [5, 5.41) is 0. The molecule has 120 valence electrons. The third-order valence-corrected chi connectivity index (χ3v) is 3.20. The van der Waals surface area contributed by atoms with Crippen LogP contribution >= 0.6 is 0 Å². The van der Waals surface area contributed by atoms with E-state index in [1.165, 1.54) is 7.11 Å². The SMILES string of the molecule is CCC(CC)N(CC(F)(F)F)C(=O)C(N)CCCOC. The largest absolute Gasteiger partial charge is 0.406 e. The van der Waals surface area contributed by atoms with Gasteiger partial charge in [0.25, 0.3) is 0 Å². The van der Waals surface area contributed by atoms with E-state index in [1.54, 1.807) is 13.8 Å². The molecule has 1 amide bonds. The third kappa shape index (κ3) is 7.09. The topological polar surface area (TPSA) is 55.6 Å². The summed E-state index contributed by atoms with van der Waals surface area (Å²) in [7, 11) is 1.52. The monoisotopic (exact) mass is 298 g/mol. The minimum atomic E-state index is -4.41. The fourth-order valence-corrected chi connectivity index (χ4v) is 2.09. The van der Waals surface area contributed by atoms with Crippen molar-refractivity contribution in [3.63, 3.8) is 0 Å². The molecule has 0 radical (unpaired) electrons. The summed E-state index contributed by atoms with van der Waals surface area (Å²) < 4.78 is 42.7. The molecule has 0 aliphatic rings. The van der Waals surface area contributed by atoms with Gasteiger partial charge in [0, 0.05) is 19.8 Å². The van der Waals surface area contributed by atoms with Crippen LogP contribution in [0.3, 0.4) is 0 Å². The molecule has 0 aromatic rings. The van der Waals surface area contributed by atoms with Crippen LogP contribution in [-0.2, 0) is 9.53 Å². The molecule has 0 fully saturated rings. The van der Waals surface area contributed by atoms with Crippen LogP contribution in [0.2, 0.25) is 0 Å². The average molecular weight is 298 g/mol. The molecule has 0 spiro atoms. The second-order valence-electron chi connectivity index (χ2n) is 4.79. The molecule has 20 heavy (non-hydrogen) atoms. The number of hydrogen-bond donors (Lipinski definition) is 1. The maximum absolute atomic E-state index is 12.6. The first-order chi connectivity index (χ1) is 9.26. The van der Waals surface area contributed by atoms with Crippen LogP contribution in [0.5, 0.6) is 0 Å². The van der Waals surface area contributed by atoms with E-state index in [2.05, 4.69) is 0 Å². The van der Waals surface area contributed by atoms with Gasteiger partial charge in [-0.25, -0.2) is 0 Å². The first-order valence-electron chi connectivity index (χ1n) is 6.88. The first-order valence-corrected chi connectivity index (χ1v) is 6.88. The van der Waals surface area contributed by atoms with E-state index in [0.717, 1.165) is 4.90 Å². The number of amides is 1. The molecular weight excluding hydrogens is 273 g/mol. The summed E-state index contributed by atoms with van der Waals surface area (Å²) in [6.07, 6.45) is -2.59. The van der Waals surface area contributed by atoms with Crippen LogP contribution in [0.4, 0.5) is 13.2 Å². The molecule has 0 aromatic carbocycles. The second-order valence-corrected chi connectivity index (χ2v) is 4.79. The number of carbonyl (C=O) groups is 1. The van der Waals surface area contributed by atoms with Gasteiger partial charge in [-0.1, -0.05) is 13.8 Å². The Labute approximate surface area is 118 Å². The Morgan fingerprint density at radius 2 is 1.85 bits per heavy atom. The predicted molar refractivity (Wildman–Crippen MR) is 71.2 cm³/mol. The van der Waals surface area contributed by atoms with Crippen LogP contribution in [0.25, 0.3) is 0 Å². The highest BCUT2D eigenvalue weighted by atomic mass is 19.4. The van der Waals surface area contributed by atoms with Crippen molar-refractivity contribution in [3.8, 4) is 0 Å². The zero-order chi connectivity index (χ0) is 15.8. The molecule has 0 aliphatic heterocycles. The lowest BCUT2D eigenvalue weighted by atomic mass is 10.1. The lowest BCUT2D eigenvalue weighted by Gasteiger charge is -2.33. The van der Waals surface area contributed by atoms with Crippen LogP contribution in [0, 0.1) is 0 Å². The fourth-order valence-electron chi connectivity index (χ4n) is 2.09. The van der Waals surface area contributed by atoms with E-state index >= 15 is 0 Å². The van der Waals surface area contributed by atoms with Gasteiger partial charge in [-0.05, 0) is 25.7 Å². The molecule has 0 saturated carbocycles. The standard InChI is InChI=1S/C13H25F3N2O2/c1-4-10(5-2)18(9-13(14,15)16)12(19)11(17)7-6-8-20-3/h10-11H,4-9,17H2,1-3H3. The Morgan fingerprint density at radius 3 is 2.25 bits per heavy atom. The molecule has 4 nitrogen and oxygen atoms in total. The van der Waals surface area contributed by atoms with E-state index in [9.17, 15) is 18.0 Å². The van der Waals surface area contributed by atoms with Gasteiger partial charge in [-0.15, -0.1) is 0 Å². The Hall–Kier alpha value is -0.820. The Balaban J connectivity index is 4.78. The predicted octanol–water partition coefficient (Wildman–Crippen LogP) is 2.32. The molecule has 0 aromatic heterocycles. The number of halogens is 3. The Morgan fingerprint density at radius 1 is 1.30 bits per heavy atom. The van der Waals surface area contributed by atoms with E-state index < -0.39 is 30.7 Å². The summed E-state index contributed by atoms with van der Waals surface area (Å²) >= 11 is 0. The van der Waals surface area contributed by atoms with Crippen molar-refractivity contribution >= 4 is 5.91 Å². The molecule has 7 heteroatoms. The minimum absolute atomic E-state index is 0.321. The minimum Gasteiger partial charge on any atom is -0.385 e. The lowest BCUT2D eigenvalue weighted by molar-refractivity contribution is -0.167. The number of methoxy groups -OCH3 is 1. The maximum atomic E-state index is 12.6. The van der Waals surface area contributed by atoms with Crippen molar-refractivity contribution in [1.82, 2.24) is 4.90 Å². The van der Waals surface area contributed by atoms with Gasteiger partial charge in [0.1, 0.15) is 6.54 Å². The molecule has 0 rings (SSSR count). The summed E-state index contributed by atoms with van der Waals surface area (Å²) in [5.41, 5.74) is 5.71. The normalized spacial score (nSPS) is 13.6. The number of ether oxygens (including phenoxy) is 1. The van der Waals surface area contributed by atoms with E-state index in [-0.39, 0.29) is 0 Å². The zero-order valence-electron chi connectivity index (χ0n) is 12.4. The van der Waals surface area contributed by atoms with Gasteiger partial charge in [0.2, 0.25) is 5.91 Å². The fraction of sp³-hybridized carbons (Fsp3) is 0.923. The van der Waals surface area contributed by atoms with Gasteiger partial charge < -0.3 is 15.4 Å². The maximum Gasteiger partial charge on any atom is 0.406 e. The second kappa shape index (κ2) is 9.18. The van der Waals surface area contributed by atoms with Crippen molar-refractivity contribution in [2.45, 2.75) is 57.8 Å². The zero-order valence-corrected chi connectivity index (χ0v) is 12.4. The van der Waals surface area contributed by atoms with Crippen molar-refractivity contribution < 1.29 is 22.7 Å². The summed E-state index contributed by atoms with van der Waals surface area (Å²) in [6.45, 7) is 2.73. The molecule has 2 N–H and O–H groups in total. The van der Waals surface area contributed by atoms with Crippen molar-refractivity contribution in [1.29, 1.82) is 0 Å². The summed E-state index contributed by atoms with van der Waals surface area (Å²) in [6, 6.07) is -1.34. The van der Waals surface area contributed by atoms with Crippen molar-refractivity contribution in [3.05, 3.63) is 0 Å². The average Bonchev–Trinajstić information content (AvgIpc) is 2.36. The Bertz CT molecular complexity index is 281. The molecule has 0 bridgehead atoms. The number of alkyl halides is 3. The van der Waals surface area contributed by atoms with E-state index in [4.69, 9.17) is 10.5 Å². The van der Waals surface area contributed by atoms with Gasteiger partial charge in [-0.3, -0.25) is 4.79 Å².